The molecular formula is C6H8N2O2. The molecule has 1 aliphatic rings. The Bertz CT molecular complexity index is 167. The van der Waals surface area contributed by atoms with Crippen molar-refractivity contribution in [3.8, 4) is 6.19 Å². The fourth-order valence-corrected chi connectivity index (χ4v) is 0.920. The highest BCUT2D eigenvalue weighted by atomic mass is 16.5. The molecule has 1 atom stereocenters. The van der Waals surface area contributed by atoms with Crippen LogP contribution in [0.4, 0.5) is 0 Å². The van der Waals surface area contributed by atoms with Crippen LogP contribution in [-0.4, -0.2) is 18.6 Å². The number of rotatable bonds is 1. The molecule has 1 N–H and O–H groups in total. The third-order valence-electron chi connectivity index (χ3n) is 1.40. The third-order valence-corrected chi connectivity index (χ3v) is 1.40. The monoisotopic (exact) mass is 140 g/mol. The minimum absolute atomic E-state index is 0.319. The van der Waals surface area contributed by atoms with Crippen LogP contribution in [0.3, 0.4) is 0 Å². The van der Waals surface area contributed by atoms with E-state index in [4.69, 9.17) is 10.00 Å². The summed E-state index contributed by atoms with van der Waals surface area (Å²) in [5, 5.41) is 10.1. The highest BCUT2D eigenvalue weighted by molar-refractivity contribution is 5.82. The fourth-order valence-electron chi connectivity index (χ4n) is 0.920. The first-order chi connectivity index (χ1) is 4.84. The predicted octanol–water partition coefficient (Wildman–Crippen LogP) is -0.237. The van der Waals surface area contributed by atoms with Gasteiger partial charge >= 0.3 is 0 Å². The predicted molar refractivity (Wildman–Crippen MR) is 32.7 cm³/mol. The first-order valence-corrected chi connectivity index (χ1v) is 3.15. The number of carbonyl (C=O) groups excluding carboxylic acids is 1. The summed E-state index contributed by atoms with van der Waals surface area (Å²) in [6.07, 6.45) is 2.81. The highest BCUT2D eigenvalue weighted by Gasteiger charge is 2.22. The molecule has 4 heteroatoms. The highest BCUT2D eigenvalue weighted by Crippen LogP contribution is 2.11. The molecule has 1 saturated heterocycles. The van der Waals surface area contributed by atoms with Crippen LogP contribution in [0.2, 0.25) is 0 Å². The maximum atomic E-state index is 10.8. The van der Waals surface area contributed by atoms with Gasteiger partial charge in [-0.25, -0.2) is 0 Å². The van der Waals surface area contributed by atoms with Gasteiger partial charge in [0, 0.05) is 6.61 Å². The van der Waals surface area contributed by atoms with Gasteiger partial charge in [0.1, 0.15) is 6.10 Å². The first-order valence-electron chi connectivity index (χ1n) is 3.15. The Kier molecular flexibility index (Phi) is 2.24. The van der Waals surface area contributed by atoms with Gasteiger partial charge in [0.2, 0.25) is 0 Å². The maximum Gasteiger partial charge on any atom is 0.262 e. The second-order valence-electron chi connectivity index (χ2n) is 2.10. The number of amides is 1. The molecule has 1 heterocycles. The molecule has 10 heavy (non-hydrogen) atoms. The van der Waals surface area contributed by atoms with Crippen LogP contribution in [0, 0.1) is 11.5 Å². The zero-order valence-electron chi connectivity index (χ0n) is 5.46. The van der Waals surface area contributed by atoms with Crippen LogP contribution < -0.4 is 5.32 Å². The van der Waals surface area contributed by atoms with E-state index < -0.39 is 0 Å². The van der Waals surface area contributed by atoms with Crippen molar-refractivity contribution in [1.29, 1.82) is 5.26 Å². The van der Waals surface area contributed by atoms with Crippen LogP contribution in [0.1, 0.15) is 12.8 Å². The molecule has 0 spiro atoms. The van der Waals surface area contributed by atoms with E-state index in [1.54, 1.807) is 6.19 Å². The number of hydrogen-bond donors (Lipinski definition) is 1. The van der Waals surface area contributed by atoms with Gasteiger partial charge in [-0.15, -0.1) is 0 Å². The summed E-state index contributed by atoms with van der Waals surface area (Å²) in [5.41, 5.74) is 0. The van der Waals surface area contributed by atoms with E-state index in [1.165, 1.54) is 0 Å². The Morgan fingerprint density at radius 1 is 1.80 bits per heavy atom. The molecule has 0 saturated carbocycles. The molecule has 1 amide bonds. The first kappa shape index (κ1) is 7.03. The molecule has 54 valence electrons. The van der Waals surface area contributed by atoms with E-state index in [9.17, 15) is 4.79 Å². The van der Waals surface area contributed by atoms with E-state index in [2.05, 4.69) is 0 Å². The van der Waals surface area contributed by atoms with Crippen molar-refractivity contribution in [3.63, 3.8) is 0 Å². The number of nitrogens with one attached hydrogen (secondary N) is 1. The zero-order chi connectivity index (χ0) is 7.40. The SMILES string of the molecule is N#CNC(=O)[C@H]1CCCO1. The van der Waals surface area contributed by atoms with E-state index in [1.807, 2.05) is 5.32 Å². The number of hydrogen-bond acceptors (Lipinski definition) is 3. The molecule has 0 aromatic carbocycles. The molecule has 0 aliphatic carbocycles. The second-order valence-corrected chi connectivity index (χ2v) is 2.10. The van der Waals surface area contributed by atoms with Gasteiger partial charge in [-0.1, -0.05) is 0 Å². The summed E-state index contributed by atoms with van der Waals surface area (Å²) in [4.78, 5) is 10.8. The summed E-state index contributed by atoms with van der Waals surface area (Å²) < 4.78 is 5.00. The minimum atomic E-state index is -0.389. The van der Waals surface area contributed by atoms with E-state index >= 15 is 0 Å². The van der Waals surface area contributed by atoms with E-state index in [0.717, 1.165) is 12.8 Å². The summed E-state index contributed by atoms with van der Waals surface area (Å²) in [7, 11) is 0. The largest absolute Gasteiger partial charge is 0.368 e. The smallest absolute Gasteiger partial charge is 0.262 e. The van der Waals surface area contributed by atoms with E-state index in [0.29, 0.717) is 6.61 Å². The summed E-state index contributed by atoms with van der Waals surface area (Å²) in [6, 6.07) is 0. The average molecular weight is 140 g/mol. The van der Waals surface area contributed by atoms with Crippen molar-refractivity contribution in [3.05, 3.63) is 0 Å². The number of ether oxygens (including phenoxy) is 1. The van der Waals surface area contributed by atoms with Gasteiger partial charge in [-0.05, 0) is 12.8 Å². The van der Waals surface area contributed by atoms with Gasteiger partial charge in [-0.2, -0.15) is 5.26 Å². The Morgan fingerprint density at radius 3 is 3.10 bits per heavy atom. The zero-order valence-corrected chi connectivity index (χ0v) is 5.46. The Balaban J connectivity index is 2.34. The third kappa shape index (κ3) is 1.45. The van der Waals surface area contributed by atoms with Crippen molar-refractivity contribution in [2.45, 2.75) is 18.9 Å². The number of carbonyl (C=O) groups is 1. The van der Waals surface area contributed by atoms with Gasteiger partial charge in [-0.3, -0.25) is 10.1 Å². The Morgan fingerprint density at radius 2 is 2.60 bits per heavy atom. The van der Waals surface area contributed by atoms with Crippen LogP contribution in [-0.2, 0) is 9.53 Å². The molecule has 1 fully saturated rings. The normalized spacial score (nSPS) is 23.7. The molecular weight excluding hydrogens is 132 g/mol. The lowest BCUT2D eigenvalue weighted by Crippen LogP contribution is -2.30. The van der Waals surface area contributed by atoms with Crippen LogP contribution in [0.25, 0.3) is 0 Å². The molecule has 1 aliphatic heterocycles. The lowest BCUT2D eigenvalue weighted by molar-refractivity contribution is -0.128. The lowest BCUT2D eigenvalue weighted by atomic mass is 10.2. The standard InChI is InChI=1S/C6H8N2O2/c7-4-8-6(9)5-2-1-3-10-5/h5H,1-3H2,(H,8,9)/t5-/m1/s1. The molecule has 0 radical (unpaired) electrons. The summed E-state index contributed by atoms with van der Waals surface area (Å²) in [5.74, 6) is -0.319. The molecule has 0 bridgehead atoms. The van der Waals surface area contributed by atoms with Gasteiger partial charge < -0.3 is 4.74 Å². The fraction of sp³-hybridized carbons (Fsp3) is 0.667. The van der Waals surface area contributed by atoms with Crippen LogP contribution in [0.5, 0.6) is 0 Å². The quantitative estimate of drug-likeness (QED) is 0.404. The second kappa shape index (κ2) is 3.18. The van der Waals surface area contributed by atoms with Crippen LogP contribution in [0.15, 0.2) is 0 Å². The van der Waals surface area contributed by atoms with Gasteiger partial charge in [0.05, 0.1) is 0 Å². The van der Waals surface area contributed by atoms with E-state index in [-0.39, 0.29) is 12.0 Å². The van der Waals surface area contributed by atoms with Gasteiger partial charge in [0.25, 0.3) is 5.91 Å². The van der Waals surface area contributed by atoms with Crippen LogP contribution >= 0.6 is 0 Å². The number of nitriles is 1. The maximum absolute atomic E-state index is 10.8. The molecule has 0 unspecified atom stereocenters. The molecule has 0 aromatic rings. The summed E-state index contributed by atoms with van der Waals surface area (Å²) in [6.45, 7) is 0.628. The van der Waals surface area contributed by atoms with Crippen molar-refractivity contribution in [2.24, 2.45) is 0 Å². The summed E-state index contributed by atoms with van der Waals surface area (Å²) >= 11 is 0. The molecule has 1 rings (SSSR count). The topological polar surface area (TPSA) is 62.1 Å². The lowest BCUT2D eigenvalue weighted by Gasteiger charge is -2.03. The van der Waals surface area contributed by atoms with Crippen molar-refractivity contribution >= 4 is 5.91 Å². The Labute approximate surface area is 58.8 Å². The molecule has 0 aromatic heterocycles. The minimum Gasteiger partial charge on any atom is -0.368 e. The molecule has 4 nitrogen and oxygen atoms in total. The Hall–Kier alpha value is -1.08. The van der Waals surface area contributed by atoms with Crippen molar-refractivity contribution in [1.82, 2.24) is 5.32 Å². The average Bonchev–Trinajstić information content (AvgIpc) is 2.38. The number of nitrogens with zero attached hydrogens (tertiary/aromatic N) is 1. The van der Waals surface area contributed by atoms with Gasteiger partial charge in [0.15, 0.2) is 6.19 Å². The van der Waals surface area contributed by atoms with Crippen molar-refractivity contribution in [2.75, 3.05) is 6.61 Å². The van der Waals surface area contributed by atoms with Crippen molar-refractivity contribution < 1.29 is 9.53 Å².